The molecule has 0 spiro atoms. The number of aromatic nitrogens is 1. The Balaban J connectivity index is 0.00000121. The normalized spacial score (nSPS) is 10.7. The molecule has 0 saturated carbocycles. The molecule has 60 valence electrons. The van der Waals surface area contributed by atoms with Gasteiger partial charge in [-0.25, -0.2) is 0 Å². The summed E-state index contributed by atoms with van der Waals surface area (Å²) in [6, 6.07) is 3.12. The largest absolute Gasteiger partial charge is 1.00 e. The van der Waals surface area contributed by atoms with E-state index in [-0.39, 0.29) is 24.5 Å². The molecule has 1 rings (SSSR count). The van der Waals surface area contributed by atoms with Crippen LogP contribution in [-0.4, -0.2) is 26.8 Å². The molecule has 0 aliphatic heterocycles. The standard InChI is InChI=1S/C6H9BNO3.Li/c1-5-2-3-8-6(4-5)7(9,10)11;/h2-4,9-11H,1H3;/q-1;+1. The predicted molar refractivity (Wildman–Crippen MR) is 41.0 cm³/mol. The third-order valence-corrected chi connectivity index (χ3v) is 1.33. The molecule has 0 unspecified atom stereocenters. The van der Waals surface area contributed by atoms with Gasteiger partial charge in [-0.2, -0.15) is 0 Å². The van der Waals surface area contributed by atoms with Crippen molar-refractivity contribution in [3.8, 4) is 0 Å². The van der Waals surface area contributed by atoms with E-state index in [9.17, 15) is 0 Å². The fourth-order valence-corrected chi connectivity index (χ4v) is 0.771. The minimum atomic E-state index is -3.43. The van der Waals surface area contributed by atoms with E-state index in [1.807, 2.05) is 0 Å². The summed E-state index contributed by atoms with van der Waals surface area (Å²) in [5, 5.41) is 26.2. The average Bonchev–Trinajstić information content (AvgIpc) is 1.86. The van der Waals surface area contributed by atoms with Gasteiger partial charge in [-0.05, 0) is 18.6 Å². The van der Waals surface area contributed by atoms with Crippen molar-refractivity contribution in [2.75, 3.05) is 0 Å². The van der Waals surface area contributed by atoms with Gasteiger partial charge in [-0.3, -0.25) is 4.98 Å². The number of hydrogen-bond donors (Lipinski definition) is 3. The van der Waals surface area contributed by atoms with Crippen LogP contribution in [0.1, 0.15) is 5.56 Å². The van der Waals surface area contributed by atoms with Crippen LogP contribution in [0.3, 0.4) is 0 Å². The number of pyridine rings is 1. The molecule has 1 aromatic heterocycles. The predicted octanol–water partition coefficient (Wildman–Crippen LogP) is -4.48. The molecule has 0 aliphatic carbocycles. The van der Waals surface area contributed by atoms with Gasteiger partial charge in [0.15, 0.2) is 0 Å². The fourth-order valence-electron chi connectivity index (χ4n) is 0.771. The average molecular weight is 161 g/mol. The first-order valence-corrected chi connectivity index (χ1v) is 3.24. The molecule has 1 heterocycles. The van der Waals surface area contributed by atoms with E-state index in [0.717, 1.165) is 5.56 Å². The first-order chi connectivity index (χ1) is 5.00. The first-order valence-electron chi connectivity index (χ1n) is 3.24. The zero-order valence-corrected chi connectivity index (χ0v) is 7.10. The quantitative estimate of drug-likeness (QED) is 0.363. The van der Waals surface area contributed by atoms with E-state index in [0.29, 0.717) is 0 Å². The van der Waals surface area contributed by atoms with Crippen molar-refractivity contribution in [1.29, 1.82) is 0 Å². The van der Waals surface area contributed by atoms with E-state index in [2.05, 4.69) is 4.98 Å². The molecule has 0 aliphatic rings. The summed E-state index contributed by atoms with van der Waals surface area (Å²) < 4.78 is 0. The van der Waals surface area contributed by atoms with E-state index in [4.69, 9.17) is 15.1 Å². The monoisotopic (exact) mass is 161 g/mol. The van der Waals surface area contributed by atoms with Crippen LogP contribution in [0.25, 0.3) is 0 Å². The van der Waals surface area contributed by atoms with Crippen LogP contribution in [-0.2, 0) is 0 Å². The molecule has 0 aromatic carbocycles. The maximum Gasteiger partial charge on any atom is 1.00 e. The van der Waals surface area contributed by atoms with E-state index in [1.54, 1.807) is 13.0 Å². The van der Waals surface area contributed by atoms with E-state index >= 15 is 0 Å². The Bertz CT molecular complexity index is 263. The fraction of sp³-hybridized carbons (Fsp3) is 0.167. The number of hydrogen-bond acceptors (Lipinski definition) is 4. The van der Waals surface area contributed by atoms with Crippen LogP contribution < -0.4 is 24.5 Å². The van der Waals surface area contributed by atoms with Crippen LogP contribution in [0.4, 0.5) is 0 Å². The molecule has 0 saturated heterocycles. The molecule has 0 radical (unpaired) electrons. The second-order valence-corrected chi connectivity index (χ2v) is 2.49. The molecule has 4 nitrogen and oxygen atoms in total. The number of nitrogens with zero attached hydrogens (tertiary/aromatic N) is 1. The molecule has 0 amide bonds. The zero-order valence-electron chi connectivity index (χ0n) is 7.10. The third-order valence-electron chi connectivity index (χ3n) is 1.33. The van der Waals surface area contributed by atoms with Gasteiger partial charge in [0.1, 0.15) is 0 Å². The molecule has 1 aromatic rings. The topological polar surface area (TPSA) is 73.6 Å². The first kappa shape index (κ1) is 11.7. The second-order valence-electron chi connectivity index (χ2n) is 2.49. The summed E-state index contributed by atoms with van der Waals surface area (Å²) in [6.45, 7) is -1.66. The Kier molecular flexibility index (Phi) is 3.97. The Morgan fingerprint density at radius 1 is 1.33 bits per heavy atom. The maximum atomic E-state index is 8.72. The van der Waals surface area contributed by atoms with Crippen molar-refractivity contribution in [3.63, 3.8) is 0 Å². The van der Waals surface area contributed by atoms with Gasteiger partial charge >= 0.3 is 25.6 Å². The molecule has 12 heavy (non-hydrogen) atoms. The van der Waals surface area contributed by atoms with Crippen molar-refractivity contribution in [2.24, 2.45) is 0 Å². The molecular formula is C6H9BLiNO3. The van der Waals surface area contributed by atoms with Crippen LogP contribution in [0.15, 0.2) is 18.3 Å². The van der Waals surface area contributed by atoms with Crippen LogP contribution >= 0.6 is 0 Å². The Morgan fingerprint density at radius 3 is 2.25 bits per heavy atom. The van der Waals surface area contributed by atoms with Gasteiger partial charge < -0.3 is 15.1 Å². The van der Waals surface area contributed by atoms with Crippen molar-refractivity contribution in [1.82, 2.24) is 4.98 Å². The van der Waals surface area contributed by atoms with Crippen molar-refractivity contribution < 1.29 is 33.9 Å². The minimum absolute atomic E-state index is 0. The summed E-state index contributed by atoms with van der Waals surface area (Å²) in [7, 11) is 0. The third kappa shape index (κ3) is 2.97. The van der Waals surface area contributed by atoms with Crippen molar-refractivity contribution >= 4 is 12.3 Å². The van der Waals surface area contributed by atoms with Gasteiger partial charge in [0.2, 0.25) is 0 Å². The molecule has 0 atom stereocenters. The summed E-state index contributed by atoms with van der Waals surface area (Å²) in [5.74, 6) is 0. The molecule has 3 N–H and O–H groups in total. The molecule has 6 heteroatoms. The molecule has 0 fully saturated rings. The Morgan fingerprint density at radius 2 is 1.92 bits per heavy atom. The van der Waals surface area contributed by atoms with E-state index in [1.165, 1.54) is 12.3 Å². The van der Waals surface area contributed by atoms with Crippen molar-refractivity contribution in [2.45, 2.75) is 6.92 Å². The van der Waals surface area contributed by atoms with Gasteiger partial charge in [-0.1, -0.05) is 11.6 Å². The van der Waals surface area contributed by atoms with Crippen molar-refractivity contribution in [3.05, 3.63) is 23.9 Å². The summed E-state index contributed by atoms with van der Waals surface area (Å²) in [5.41, 5.74) is 0.711. The minimum Gasteiger partial charge on any atom is -0.555 e. The number of rotatable bonds is 1. The Hall–Kier alpha value is -0.308. The summed E-state index contributed by atoms with van der Waals surface area (Å²) in [4.78, 5) is 3.59. The van der Waals surface area contributed by atoms with Gasteiger partial charge in [-0.15, -0.1) is 0 Å². The Labute approximate surface area is 82.5 Å². The van der Waals surface area contributed by atoms with Gasteiger partial charge in [0.25, 0.3) is 0 Å². The second kappa shape index (κ2) is 4.08. The number of aryl methyl sites for hydroxylation is 1. The van der Waals surface area contributed by atoms with Gasteiger partial charge in [0, 0.05) is 6.20 Å². The van der Waals surface area contributed by atoms with Crippen LogP contribution in [0.2, 0.25) is 0 Å². The zero-order chi connectivity index (χ0) is 8.48. The van der Waals surface area contributed by atoms with Crippen LogP contribution in [0.5, 0.6) is 0 Å². The maximum absolute atomic E-state index is 8.72. The SMILES string of the molecule is Cc1ccnc([B-](O)(O)O)c1.[Li+]. The van der Waals surface area contributed by atoms with Gasteiger partial charge in [0.05, 0.1) is 0 Å². The summed E-state index contributed by atoms with van der Waals surface area (Å²) >= 11 is 0. The molecular weight excluding hydrogens is 152 g/mol. The molecule has 0 bridgehead atoms. The smallest absolute Gasteiger partial charge is 0.555 e. The van der Waals surface area contributed by atoms with E-state index < -0.39 is 6.75 Å². The summed E-state index contributed by atoms with van der Waals surface area (Å²) in [6.07, 6.45) is 1.41. The van der Waals surface area contributed by atoms with Crippen LogP contribution in [0, 0.1) is 6.92 Å².